The van der Waals surface area contributed by atoms with Gasteiger partial charge in [0, 0.05) is 13.1 Å². The summed E-state index contributed by atoms with van der Waals surface area (Å²) in [5.74, 6) is 0.110. The molecule has 0 aromatic heterocycles. The molecule has 1 atom stereocenters. The highest BCUT2D eigenvalue weighted by Crippen LogP contribution is 2.27. The van der Waals surface area contributed by atoms with Crippen LogP contribution in [0.2, 0.25) is 0 Å². The summed E-state index contributed by atoms with van der Waals surface area (Å²) in [4.78, 5) is 13.5. The van der Waals surface area contributed by atoms with Gasteiger partial charge in [-0.2, -0.15) is 0 Å². The average Bonchev–Trinajstić information content (AvgIpc) is 2.29. The molecular weight excluding hydrogens is 214 g/mol. The van der Waals surface area contributed by atoms with Crippen molar-refractivity contribution in [1.82, 2.24) is 4.90 Å². The number of nitrogens with zero attached hydrogens (tertiary/aromatic N) is 1. The van der Waals surface area contributed by atoms with Crippen LogP contribution >= 0.6 is 0 Å². The summed E-state index contributed by atoms with van der Waals surface area (Å²) < 4.78 is 0. The second-order valence-corrected chi connectivity index (χ2v) is 5.92. The lowest BCUT2D eigenvalue weighted by atomic mass is 9.85. The minimum atomic E-state index is -0.671. The fourth-order valence-corrected chi connectivity index (χ4v) is 2.80. The van der Waals surface area contributed by atoms with Crippen LogP contribution in [0.25, 0.3) is 0 Å². The van der Waals surface area contributed by atoms with E-state index < -0.39 is 11.4 Å². The first kappa shape index (κ1) is 14.5. The van der Waals surface area contributed by atoms with E-state index >= 15 is 0 Å². The molecule has 0 heterocycles. The zero-order valence-corrected chi connectivity index (χ0v) is 11.5. The Morgan fingerprint density at radius 2 is 1.94 bits per heavy atom. The van der Waals surface area contributed by atoms with Crippen LogP contribution in [-0.4, -0.2) is 36.1 Å². The smallest absolute Gasteiger partial charge is 0.310 e. The molecule has 0 spiro atoms. The summed E-state index contributed by atoms with van der Waals surface area (Å²) in [7, 11) is 2.06. The third-order valence-electron chi connectivity index (χ3n) is 4.21. The standard InChI is InChI=1S/C14H27NO2/c1-4-14(2,13(16)17)11-15(3)10-12-8-6-5-7-9-12/h12H,4-11H2,1-3H3,(H,16,17). The van der Waals surface area contributed by atoms with Crippen LogP contribution < -0.4 is 0 Å². The van der Waals surface area contributed by atoms with Gasteiger partial charge in [0.05, 0.1) is 5.41 Å². The molecule has 1 saturated carbocycles. The quantitative estimate of drug-likeness (QED) is 0.777. The Kier molecular flexibility index (Phi) is 5.44. The van der Waals surface area contributed by atoms with E-state index in [-0.39, 0.29) is 0 Å². The van der Waals surface area contributed by atoms with Crippen LogP contribution in [0.15, 0.2) is 0 Å². The van der Waals surface area contributed by atoms with E-state index in [4.69, 9.17) is 0 Å². The number of carboxylic acids is 1. The molecule has 0 amide bonds. The van der Waals surface area contributed by atoms with Gasteiger partial charge in [-0.1, -0.05) is 26.2 Å². The van der Waals surface area contributed by atoms with Gasteiger partial charge in [0.1, 0.15) is 0 Å². The molecule has 0 aromatic rings. The molecule has 1 rings (SSSR count). The molecule has 1 N–H and O–H groups in total. The SMILES string of the molecule is CCC(C)(CN(C)CC1CCCCC1)C(=O)O. The minimum absolute atomic E-state index is 0.594. The first-order chi connectivity index (χ1) is 7.98. The maximum Gasteiger partial charge on any atom is 0.310 e. The molecule has 0 saturated heterocycles. The van der Waals surface area contributed by atoms with Crippen molar-refractivity contribution in [2.24, 2.45) is 11.3 Å². The fraction of sp³-hybridized carbons (Fsp3) is 0.929. The second-order valence-electron chi connectivity index (χ2n) is 5.92. The van der Waals surface area contributed by atoms with E-state index in [2.05, 4.69) is 11.9 Å². The fourth-order valence-electron chi connectivity index (χ4n) is 2.80. The summed E-state index contributed by atoms with van der Waals surface area (Å²) in [5.41, 5.74) is -0.594. The second kappa shape index (κ2) is 6.39. The van der Waals surface area contributed by atoms with E-state index in [9.17, 15) is 9.90 Å². The van der Waals surface area contributed by atoms with Crippen molar-refractivity contribution in [3.8, 4) is 0 Å². The summed E-state index contributed by atoms with van der Waals surface area (Å²) in [6.07, 6.45) is 7.41. The summed E-state index contributed by atoms with van der Waals surface area (Å²) in [6, 6.07) is 0. The van der Waals surface area contributed by atoms with E-state index in [0.29, 0.717) is 13.0 Å². The highest BCUT2D eigenvalue weighted by atomic mass is 16.4. The number of rotatable bonds is 6. The van der Waals surface area contributed by atoms with Crippen LogP contribution in [0, 0.1) is 11.3 Å². The van der Waals surface area contributed by atoms with Gasteiger partial charge in [0.25, 0.3) is 0 Å². The third kappa shape index (κ3) is 4.30. The Balaban J connectivity index is 2.41. The Labute approximate surface area is 105 Å². The molecule has 0 radical (unpaired) electrons. The average molecular weight is 241 g/mol. The van der Waals surface area contributed by atoms with Gasteiger partial charge in [-0.05, 0) is 39.2 Å². The van der Waals surface area contributed by atoms with E-state index in [1.165, 1.54) is 32.1 Å². The third-order valence-corrected chi connectivity index (χ3v) is 4.21. The van der Waals surface area contributed by atoms with Crippen LogP contribution in [0.1, 0.15) is 52.4 Å². The van der Waals surface area contributed by atoms with Crippen molar-refractivity contribution in [2.75, 3.05) is 20.1 Å². The predicted octanol–water partition coefficient (Wildman–Crippen LogP) is 3.00. The predicted molar refractivity (Wildman–Crippen MR) is 70.1 cm³/mol. The molecule has 3 heteroatoms. The zero-order chi connectivity index (χ0) is 12.9. The molecule has 1 aliphatic rings. The molecule has 1 unspecified atom stereocenters. The normalized spacial score (nSPS) is 21.4. The first-order valence-electron chi connectivity index (χ1n) is 6.90. The molecule has 0 bridgehead atoms. The van der Waals surface area contributed by atoms with Crippen LogP contribution in [-0.2, 0) is 4.79 Å². The lowest BCUT2D eigenvalue weighted by Crippen LogP contribution is -2.41. The van der Waals surface area contributed by atoms with Crippen molar-refractivity contribution in [3.63, 3.8) is 0 Å². The number of carbonyl (C=O) groups is 1. The van der Waals surface area contributed by atoms with Gasteiger partial charge >= 0.3 is 5.97 Å². The maximum atomic E-state index is 11.3. The van der Waals surface area contributed by atoms with Crippen molar-refractivity contribution >= 4 is 5.97 Å². The summed E-state index contributed by atoms with van der Waals surface area (Å²) in [5, 5.41) is 9.26. The summed E-state index contributed by atoms with van der Waals surface area (Å²) in [6.45, 7) is 5.54. The Morgan fingerprint density at radius 3 is 2.41 bits per heavy atom. The largest absolute Gasteiger partial charge is 0.481 e. The Bertz CT molecular complexity index is 249. The monoisotopic (exact) mass is 241 g/mol. The van der Waals surface area contributed by atoms with Crippen molar-refractivity contribution in [3.05, 3.63) is 0 Å². The van der Waals surface area contributed by atoms with Gasteiger partial charge in [-0.15, -0.1) is 0 Å². The van der Waals surface area contributed by atoms with Gasteiger partial charge in [0.15, 0.2) is 0 Å². The number of hydrogen-bond acceptors (Lipinski definition) is 2. The molecular formula is C14H27NO2. The van der Waals surface area contributed by atoms with Crippen molar-refractivity contribution < 1.29 is 9.90 Å². The molecule has 0 aliphatic heterocycles. The first-order valence-corrected chi connectivity index (χ1v) is 6.90. The number of carboxylic acid groups (broad SMARTS) is 1. The van der Waals surface area contributed by atoms with Gasteiger partial charge in [-0.25, -0.2) is 0 Å². The maximum absolute atomic E-state index is 11.3. The van der Waals surface area contributed by atoms with E-state index in [1.54, 1.807) is 0 Å². The molecule has 17 heavy (non-hydrogen) atoms. The zero-order valence-electron chi connectivity index (χ0n) is 11.5. The molecule has 1 aliphatic carbocycles. The number of hydrogen-bond donors (Lipinski definition) is 1. The molecule has 0 aromatic carbocycles. The lowest BCUT2D eigenvalue weighted by molar-refractivity contribution is -0.149. The van der Waals surface area contributed by atoms with E-state index in [0.717, 1.165) is 12.5 Å². The minimum Gasteiger partial charge on any atom is -0.481 e. The highest BCUT2D eigenvalue weighted by molar-refractivity contribution is 5.74. The highest BCUT2D eigenvalue weighted by Gasteiger charge is 2.32. The number of aliphatic carboxylic acids is 1. The Morgan fingerprint density at radius 1 is 1.35 bits per heavy atom. The van der Waals surface area contributed by atoms with Crippen LogP contribution in [0.3, 0.4) is 0 Å². The van der Waals surface area contributed by atoms with Gasteiger partial charge in [0.2, 0.25) is 0 Å². The van der Waals surface area contributed by atoms with Crippen LogP contribution in [0.5, 0.6) is 0 Å². The molecule has 100 valence electrons. The molecule has 3 nitrogen and oxygen atoms in total. The van der Waals surface area contributed by atoms with Crippen molar-refractivity contribution in [2.45, 2.75) is 52.4 Å². The molecule has 1 fully saturated rings. The lowest BCUT2D eigenvalue weighted by Gasteiger charge is -2.32. The Hall–Kier alpha value is -0.570. The van der Waals surface area contributed by atoms with E-state index in [1.807, 2.05) is 13.8 Å². The summed E-state index contributed by atoms with van der Waals surface area (Å²) >= 11 is 0. The van der Waals surface area contributed by atoms with Crippen LogP contribution in [0.4, 0.5) is 0 Å². The van der Waals surface area contributed by atoms with Gasteiger partial charge < -0.3 is 10.0 Å². The topological polar surface area (TPSA) is 40.5 Å². The van der Waals surface area contributed by atoms with Crippen molar-refractivity contribution in [1.29, 1.82) is 0 Å². The van der Waals surface area contributed by atoms with Gasteiger partial charge in [-0.3, -0.25) is 4.79 Å².